The average Bonchev–Trinajstić information content (AvgIpc) is 3.30. The molecule has 5 aliphatic rings. The van der Waals surface area contributed by atoms with Gasteiger partial charge in [-0.05, 0) is 42.7 Å². The topological polar surface area (TPSA) is 86.7 Å². The Labute approximate surface area is 202 Å². The molecule has 2 bridgehead atoms. The average molecular weight is 466 g/mol. The van der Waals surface area contributed by atoms with E-state index in [2.05, 4.69) is 12.1 Å². The van der Waals surface area contributed by atoms with Gasteiger partial charge < -0.3 is 9.47 Å². The minimum Gasteiger partial charge on any atom is -0.465 e. The third kappa shape index (κ3) is 2.67. The second-order valence-electron chi connectivity index (χ2n) is 9.29. The number of carbonyl (C=O) groups is 4. The molecule has 0 saturated heterocycles. The molecule has 35 heavy (non-hydrogen) atoms. The van der Waals surface area contributed by atoms with Crippen LogP contribution in [0.15, 0.2) is 58.7 Å². The SMILES string of the molecule is CCOC(=O)C1(C(=O)OCC)CC2=C(C1)C(=O)C1=C(C2=O)C2c3c#cccc3C1c1ccccc12. The van der Waals surface area contributed by atoms with Gasteiger partial charge in [0.1, 0.15) is 0 Å². The van der Waals surface area contributed by atoms with Crippen molar-refractivity contribution < 1.29 is 28.7 Å². The monoisotopic (exact) mass is 466 g/mol. The van der Waals surface area contributed by atoms with Crippen molar-refractivity contribution in [2.24, 2.45) is 5.41 Å². The predicted octanol–water partition coefficient (Wildman–Crippen LogP) is 3.53. The van der Waals surface area contributed by atoms with E-state index in [9.17, 15) is 19.2 Å². The van der Waals surface area contributed by atoms with Crippen molar-refractivity contribution in [1.82, 2.24) is 0 Å². The Morgan fingerprint density at radius 3 is 1.97 bits per heavy atom. The fourth-order valence-electron chi connectivity index (χ4n) is 6.24. The van der Waals surface area contributed by atoms with Gasteiger partial charge in [-0.1, -0.05) is 36.4 Å². The van der Waals surface area contributed by atoms with Crippen LogP contribution in [-0.2, 0) is 28.7 Å². The van der Waals surface area contributed by atoms with Crippen LogP contribution in [0.1, 0.15) is 60.8 Å². The lowest BCUT2D eigenvalue weighted by Gasteiger charge is -2.43. The molecular formula is C29H22O6. The zero-order valence-electron chi connectivity index (χ0n) is 19.4. The fourth-order valence-corrected chi connectivity index (χ4v) is 6.24. The lowest BCUT2D eigenvalue weighted by Crippen LogP contribution is -2.41. The number of allylic oxidation sites excluding steroid dienone is 4. The Morgan fingerprint density at radius 1 is 0.857 bits per heavy atom. The zero-order valence-corrected chi connectivity index (χ0v) is 19.4. The first-order valence-electron chi connectivity index (χ1n) is 11.9. The van der Waals surface area contributed by atoms with E-state index in [1.165, 1.54) is 0 Å². The molecule has 0 aliphatic heterocycles. The highest BCUT2D eigenvalue weighted by molar-refractivity contribution is 6.29. The Bertz CT molecular complexity index is 1260. The molecule has 6 heteroatoms. The molecule has 0 amide bonds. The maximum absolute atomic E-state index is 14.1. The molecule has 174 valence electrons. The standard InChI is InChI=1S/C29H22O6/c1-3-34-27(32)29(28(33)35-4-2)13-19-20(14-29)26(31)24-22-16-10-6-5-9-15(16)21(23(24)25(19)30)17-11-7-8-12-18(17)22/h5-7,9-11,21-22H,3-4,13-14H2,1-2H3. The van der Waals surface area contributed by atoms with Gasteiger partial charge in [-0.15, -0.1) is 0 Å². The van der Waals surface area contributed by atoms with Crippen LogP contribution >= 0.6 is 0 Å². The van der Waals surface area contributed by atoms with Crippen molar-refractivity contribution >= 4 is 23.5 Å². The minimum absolute atomic E-state index is 0.0718. The summed E-state index contributed by atoms with van der Waals surface area (Å²) in [5, 5.41) is 0. The number of esters is 2. The molecule has 0 heterocycles. The van der Waals surface area contributed by atoms with E-state index >= 15 is 0 Å². The third-order valence-electron chi connectivity index (χ3n) is 7.64. The summed E-state index contributed by atoms with van der Waals surface area (Å²) in [6.07, 6.45) is -0.389. The maximum Gasteiger partial charge on any atom is 0.324 e. The first-order valence-corrected chi connectivity index (χ1v) is 11.9. The van der Waals surface area contributed by atoms with Gasteiger partial charge in [0.25, 0.3) is 0 Å². The molecule has 0 spiro atoms. The van der Waals surface area contributed by atoms with Crippen LogP contribution in [0, 0.1) is 17.5 Å². The number of hydrogen-bond acceptors (Lipinski definition) is 6. The fraction of sp³-hybridized carbons (Fsp3) is 0.310. The van der Waals surface area contributed by atoms with Gasteiger partial charge in [0.2, 0.25) is 0 Å². The van der Waals surface area contributed by atoms with E-state index in [4.69, 9.17) is 9.47 Å². The minimum atomic E-state index is -1.73. The molecular weight excluding hydrogens is 444 g/mol. The maximum atomic E-state index is 14.1. The first kappa shape index (κ1) is 21.5. The summed E-state index contributed by atoms with van der Waals surface area (Å²) < 4.78 is 10.5. The molecule has 0 radical (unpaired) electrons. The van der Waals surface area contributed by atoms with E-state index in [1.807, 2.05) is 30.3 Å². The summed E-state index contributed by atoms with van der Waals surface area (Å²) in [7, 11) is 0. The molecule has 0 fully saturated rings. The van der Waals surface area contributed by atoms with Crippen molar-refractivity contribution in [2.75, 3.05) is 13.2 Å². The Morgan fingerprint density at radius 2 is 1.40 bits per heavy atom. The van der Waals surface area contributed by atoms with Gasteiger partial charge in [0, 0.05) is 52.5 Å². The van der Waals surface area contributed by atoms with Crippen molar-refractivity contribution in [3.05, 3.63) is 93.1 Å². The van der Waals surface area contributed by atoms with Gasteiger partial charge in [-0.25, -0.2) is 0 Å². The summed E-state index contributed by atoms with van der Waals surface area (Å²) in [6, 6.07) is 17.7. The normalized spacial score (nSPS) is 22.7. The smallest absolute Gasteiger partial charge is 0.324 e. The lowest BCUT2D eigenvalue weighted by atomic mass is 9.57. The molecule has 5 aliphatic carbocycles. The Hall–Kier alpha value is -3.98. The number of benzene rings is 1. The van der Waals surface area contributed by atoms with Gasteiger partial charge in [0.05, 0.1) is 13.2 Å². The largest absolute Gasteiger partial charge is 0.465 e. The van der Waals surface area contributed by atoms with Crippen LogP contribution in [0.25, 0.3) is 0 Å². The highest BCUT2D eigenvalue weighted by Gasteiger charge is 2.60. The number of ether oxygens (including phenoxy) is 2. The Kier molecular flexibility index (Phi) is 4.62. The lowest BCUT2D eigenvalue weighted by molar-refractivity contribution is -0.171. The highest BCUT2D eigenvalue weighted by Crippen LogP contribution is 2.60. The molecule has 2 atom stereocenters. The second kappa shape index (κ2) is 7.51. The number of ketones is 2. The summed E-state index contributed by atoms with van der Waals surface area (Å²) in [5.74, 6) is -2.92. The molecule has 7 rings (SSSR count). The molecule has 6 nitrogen and oxygen atoms in total. The molecule has 0 saturated carbocycles. The molecule has 2 aromatic rings. The van der Waals surface area contributed by atoms with E-state index in [0.717, 1.165) is 22.3 Å². The van der Waals surface area contributed by atoms with Gasteiger partial charge >= 0.3 is 11.9 Å². The van der Waals surface area contributed by atoms with E-state index < -0.39 is 29.2 Å². The quantitative estimate of drug-likeness (QED) is 0.389. The molecule has 0 N–H and O–H groups in total. The highest BCUT2D eigenvalue weighted by atomic mass is 16.6. The summed E-state index contributed by atoms with van der Waals surface area (Å²) >= 11 is 0. The van der Waals surface area contributed by atoms with Gasteiger partial charge in [-0.3, -0.25) is 19.2 Å². The first-order chi connectivity index (χ1) is 16.9. The van der Waals surface area contributed by atoms with Gasteiger partial charge in [-0.2, -0.15) is 0 Å². The summed E-state index contributed by atoms with van der Waals surface area (Å²) in [4.78, 5) is 54.2. The van der Waals surface area contributed by atoms with Crippen molar-refractivity contribution in [1.29, 1.82) is 0 Å². The van der Waals surface area contributed by atoms with Crippen LogP contribution in [0.2, 0.25) is 0 Å². The predicted molar refractivity (Wildman–Crippen MR) is 123 cm³/mol. The number of carbonyl (C=O) groups excluding carboxylic acids is 4. The summed E-state index contributed by atoms with van der Waals surface area (Å²) in [6.45, 7) is 3.44. The van der Waals surface area contributed by atoms with Crippen LogP contribution in [0.4, 0.5) is 0 Å². The summed E-state index contributed by atoms with van der Waals surface area (Å²) in [5.41, 5.74) is 3.37. The van der Waals surface area contributed by atoms with Gasteiger partial charge in [0.15, 0.2) is 17.0 Å². The van der Waals surface area contributed by atoms with E-state index in [-0.39, 0.29) is 48.8 Å². The third-order valence-corrected chi connectivity index (χ3v) is 7.64. The number of rotatable bonds is 4. The van der Waals surface area contributed by atoms with Crippen LogP contribution < -0.4 is 0 Å². The zero-order chi connectivity index (χ0) is 24.5. The van der Waals surface area contributed by atoms with Crippen molar-refractivity contribution in [3.8, 4) is 0 Å². The number of Topliss-reactive ketones (excluding diaryl/α,β-unsaturated/α-hetero) is 2. The Balaban J connectivity index is 1.50. The molecule has 2 aromatic carbocycles. The number of hydrogen-bond donors (Lipinski definition) is 0. The molecule has 2 unspecified atom stereocenters. The van der Waals surface area contributed by atoms with Crippen molar-refractivity contribution in [3.63, 3.8) is 0 Å². The second-order valence-corrected chi connectivity index (χ2v) is 9.29. The van der Waals surface area contributed by atoms with Crippen LogP contribution in [-0.4, -0.2) is 36.7 Å². The van der Waals surface area contributed by atoms with E-state index in [1.54, 1.807) is 19.9 Å². The van der Waals surface area contributed by atoms with Crippen LogP contribution in [0.3, 0.4) is 0 Å². The van der Waals surface area contributed by atoms with Crippen molar-refractivity contribution in [2.45, 2.75) is 38.5 Å². The van der Waals surface area contributed by atoms with E-state index in [0.29, 0.717) is 11.1 Å². The molecule has 0 aromatic heterocycles. The van der Waals surface area contributed by atoms with Crippen LogP contribution in [0.5, 0.6) is 0 Å².